The Labute approximate surface area is 322 Å². The lowest BCUT2D eigenvalue weighted by Gasteiger charge is -2.13. The summed E-state index contributed by atoms with van der Waals surface area (Å²) >= 11 is 0. The minimum absolute atomic E-state index is 0.610. The van der Waals surface area contributed by atoms with E-state index >= 15 is 0 Å². The Hall–Kier alpha value is -7.63. The van der Waals surface area contributed by atoms with E-state index in [1.54, 1.807) is 0 Å². The van der Waals surface area contributed by atoms with Gasteiger partial charge in [0.25, 0.3) is 0 Å². The van der Waals surface area contributed by atoms with E-state index in [1.165, 1.54) is 5.39 Å². The maximum atomic E-state index is 6.41. The van der Waals surface area contributed by atoms with Crippen molar-refractivity contribution in [3.05, 3.63) is 194 Å². The average Bonchev–Trinajstić information content (AvgIpc) is 3.83. The van der Waals surface area contributed by atoms with Crippen LogP contribution in [-0.2, 0) is 0 Å². The standard InChI is InChI=1S/C51H32N4O/c1-3-15-33(16-4-1)49-52-50(54-51(53-49)44-28-14-26-42-40-23-7-9-29-45(40)55(47(42)44)38-21-5-2-6-22-38)37-20-12-18-35(32-37)34-17-11-19-36(31-34)39-25-13-27-43-41-24-8-10-30-46(41)56-48(39)43/h1-32H. The first-order valence-electron chi connectivity index (χ1n) is 18.8. The van der Waals surface area contributed by atoms with Crippen LogP contribution in [0.25, 0.3) is 106 Å². The van der Waals surface area contributed by atoms with Gasteiger partial charge >= 0.3 is 0 Å². The fourth-order valence-electron chi connectivity index (χ4n) is 8.06. The smallest absolute Gasteiger partial charge is 0.166 e. The Morgan fingerprint density at radius 3 is 1.70 bits per heavy atom. The zero-order valence-corrected chi connectivity index (χ0v) is 30.2. The zero-order chi connectivity index (χ0) is 37.0. The summed E-state index contributed by atoms with van der Waals surface area (Å²) < 4.78 is 8.73. The summed E-state index contributed by atoms with van der Waals surface area (Å²) in [6.07, 6.45) is 0. The van der Waals surface area contributed by atoms with E-state index in [2.05, 4.69) is 162 Å². The Morgan fingerprint density at radius 2 is 0.893 bits per heavy atom. The lowest BCUT2D eigenvalue weighted by Crippen LogP contribution is -2.02. The number of furan rings is 1. The number of hydrogen-bond donors (Lipinski definition) is 0. The molecule has 0 saturated carbocycles. The van der Waals surface area contributed by atoms with Gasteiger partial charge in [-0.3, -0.25) is 0 Å². The van der Waals surface area contributed by atoms with Gasteiger partial charge in [-0.15, -0.1) is 0 Å². The largest absolute Gasteiger partial charge is 0.455 e. The number of benzene rings is 8. The summed E-state index contributed by atoms with van der Waals surface area (Å²) in [6, 6.07) is 67.3. The Balaban J connectivity index is 1.07. The predicted molar refractivity (Wildman–Crippen MR) is 229 cm³/mol. The molecule has 0 spiro atoms. The van der Waals surface area contributed by atoms with Gasteiger partial charge in [0.15, 0.2) is 17.5 Å². The van der Waals surface area contributed by atoms with Crippen LogP contribution < -0.4 is 0 Å². The average molecular weight is 717 g/mol. The van der Waals surface area contributed by atoms with Crippen molar-refractivity contribution in [3.8, 4) is 62.1 Å². The molecule has 8 aromatic carbocycles. The Morgan fingerprint density at radius 1 is 0.357 bits per heavy atom. The minimum Gasteiger partial charge on any atom is -0.455 e. The molecule has 3 aromatic heterocycles. The molecule has 0 saturated heterocycles. The second kappa shape index (κ2) is 13.0. The number of fused-ring (bicyclic) bond motifs is 6. The highest BCUT2D eigenvalue weighted by atomic mass is 16.3. The van der Waals surface area contributed by atoms with Gasteiger partial charge < -0.3 is 8.98 Å². The lowest BCUT2D eigenvalue weighted by molar-refractivity contribution is 0.670. The van der Waals surface area contributed by atoms with Crippen molar-refractivity contribution in [2.45, 2.75) is 0 Å². The van der Waals surface area contributed by atoms with Gasteiger partial charge in [-0.1, -0.05) is 152 Å². The second-order valence-corrected chi connectivity index (χ2v) is 14.0. The van der Waals surface area contributed by atoms with Gasteiger partial charge in [0.2, 0.25) is 0 Å². The van der Waals surface area contributed by atoms with Gasteiger partial charge in [-0.05, 0) is 59.2 Å². The van der Waals surface area contributed by atoms with Gasteiger partial charge in [-0.25, -0.2) is 15.0 Å². The third-order valence-corrected chi connectivity index (χ3v) is 10.6. The molecule has 0 atom stereocenters. The van der Waals surface area contributed by atoms with E-state index in [-0.39, 0.29) is 0 Å². The van der Waals surface area contributed by atoms with Gasteiger partial charge in [0, 0.05) is 49.5 Å². The molecule has 11 rings (SSSR count). The van der Waals surface area contributed by atoms with Crippen molar-refractivity contribution in [3.63, 3.8) is 0 Å². The molecule has 0 bridgehead atoms. The summed E-state index contributed by atoms with van der Waals surface area (Å²) in [7, 11) is 0. The van der Waals surface area contributed by atoms with Gasteiger partial charge in [0.1, 0.15) is 11.2 Å². The van der Waals surface area contributed by atoms with E-state index in [1.807, 2.05) is 36.4 Å². The Bertz CT molecular complexity index is 3250. The van der Waals surface area contributed by atoms with Crippen LogP contribution in [0.3, 0.4) is 0 Å². The number of hydrogen-bond acceptors (Lipinski definition) is 4. The van der Waals surface area contributed by atoms with Crippen LogP contribution in [0.4, 0.5) is 0 Å². The van der Waals surface area contributed by atoms with E-state index in [4.69, 9.17) is 19.4 Å². The summed E-state index contributed by atoms with van der Waals surface area (Å²) in [5.41, 5.74) is 12.1. The molecule has 0 aliphatic rings. The van der Waals surface area contributed by atoms with E-state index in [9.17, 15) is 0 Å². The first-order chi connectivity index (χ1) is 27.8. The maximum absolute atomic E-state index is 6.41. The molecule has 5 nitrogen and oxygen atoms in total. The molecular formula is C51H32N4O. The molecule has 0 unspecified atom stereocenters. The Kier molecular flexibility index (Phi) is 7.42. The van der Waals surface area contributed by atoms with Crippen molar-refractivity contribution in [2.75, 3.05) is 0 Å². The zero-order valence-electron chi connectivity index (χ0n) is 30.2. The summed E-state index contributed by atoms with van der Waals surface area (Å²) in [5, 5.41) is 4.56. The van der Waals surface area contributed by atoms with Crippen LogP contribution in [0.5, 0.6) is 0 Å². The third-order valence-electron chi connectivity index (χ3n) is 10.6. The summed E-state index contributed by atoms with van der Waals surface area (Å²) in [5.74, 6) is 1.85. The van der Waals surface area contributed by atoms with Crippen molar-refractivity contribution in [2.24, 2.45) is 0 Å². The number of aromatic nitrogens is 4. The molecule has 0 aliphatic carbocycles. The molecule has 0 amide bonds. The van der Waals surface area contributed by atoms with Crippen LogP contribution in [0, 0.1) is 0 Å². The highest BCUT2D eigenvalue weighted by Gasteiger charge is 2.20. The number of para-hydroxylation sites is 5. The number of nitrogens with zero attached hydrogens (tertiary/aromatic N) is 4. The number of rotatable bonds is 6. The lowest BCUT2D eigenvalue weighted by atomic mass is 9.97. The highest BCUT2D eigenvalue weighted by Crippen LogP contribution is 2.40. The van der Waals surface area contributed by atoms with Crippen LogP contribution >= 0.6 is 0 Å². The molecule has 0 N–H and O–H groups in total. The first kappa shape index (κ1) is 31.9. The summed E-state index contributed by atoms with van der Waals surface area (Å²) in [6.45, 7) is 0. The van der Waals surface area contributed by atoms with Crippen LogP contribution in [-0.4, -0.2) is 19.5 Å². The van der Waals surface area contributed by atoms with E-state index < -0.39 is 0 Å². The van der Waals surface area contributed by atoms with Crippen molar-refractivity contribution < 1.29 is 4.42 Å². The topological polar surface area (TPSA) is 56.7 Å². The van der Waals surface area contributed by atoms with Crippen LogP contribution in [0.1, 0.15) is 0 Å². The highest BCUT2D eigenvalue weighted by molar-refractivity contribution is 6.13. The molecule has 56 heavy (non-hydrogen) atoms. The minimum atomic E-state index is 0.610. The van der Waals surface area contributed by atoms with Crippen LogP contribution in [0.2, 0.25) is 0 Å². The molecule has 262 valence electrons. The maximum Gasteiger partial charge on any atom is 0.166 e. The molecule has 0 radical (unpaired) electrons. The van der Waals surface area contributed by atoms with E-state index in [0.29, 0.717) is 17.5 Å². The quantitative estimate of drug-likeness (QED) is 0.172. The molecule has 11 aromatic rings. The molecule has 0 fully saturated rings. The molecule has 5 heteroatoms. The molecule has 3 heterocycles. The van der Waals surface area contributed by atoms with Crippen molar-refractivity contribution >= 4 is 43.7 Å². The van der Waals surface area contributed by atoms with Gasteiger partial charge in [-0.2, -0.15) is 0 Å². The normalized spacial score (nSPS) is 11.6. The van der Waals surface area contributed by atoms with Gasteiger partial charge in [0.05, 0.1) is 11.0 Å². The predicted octanol–water partition coefficient (Wildman–Crippen LogP) is 13.2. The van der Waals surface area contributed by atoms with Crippen LogP contribution in [0.15, 0.2) is 199 Å². The van der Waals surface area contributed by atoms with Crippen molar-refractivity contribution in [1.29, 1.82) is 0 Å². The fraction of sp³-hybridized carbons (Fsp3) is 0. The van der Waals surface area contributed by atoms with E-state index in [0.717, 1.165) is 83.0 Å². The van der Waals surface area contributed by atoms with Crippen molar-refractivity contribution in [1.82, 2.24) is 19.5 Å². The first-order valence-corrected chi connectivity index (χ1v) is 18.8. The SMILES string of the molecule is c1ccc(-c2nc(-c3cccc(-c4cccc(-c5cccc6c5oc5ccccc56)c4)c3)nc(-c3cccc4c5ccccc5n(-c5ccccc5)c34)n2)cc1. The fourth-order valence-corrected chi connectivity index (χ4v) is 8.06. The summed E-state index contributed by atoms with van der Waals surface area (Å²) in [4.78, 5) is 15.6. The third kappa shape index (κ3) is 5.29. The molecular weight excluding hydrogens is 685 g/mol. The second-order valence-electron chi connectivity index (χ2n) is 14.0. The molecule has 0 aliphatic heterocycles. The monoisotopic (exact) mass is 716 g/mol.